The van der Waals surface area contributed by atoms with Crippen molar-refractivity contribution < 1.29 is 4.79 Å². The van der Waals surface area contributed by atoms with Crippen LogP contribution in [0.25, 0.3) is 0 Å². The van der Waals surface area contributed by atoms with E-state index in [-0.39, 0.29) is 11.8 Å². The lowest BCUT2D eigenvalue weighted by molar-refractivity contribution is -0.122. The van der Waals surface area contributed by atoms with Gasteiger partial charge in [-0.3, -0.25) is 9.69 Å². The van der Waals surface area contributed by atoms with Crippen molar-refractivity contribution in [3.63, 3.8) is 0 Å². The van der Waals surface area contributed by atoms with Gasteiger partial charge in [0.1, 0.15) is 0 Å². The maximum absolute atomic E-state index is 11.8. The van der Waals surface area contributed by atoms with Crippen LogP contribution in [-0.2, 0) is 11.3 Å². The molecular weight excluding hydrogens is 258 g/mol. The van der Waals surface area contributed by atoms with Crippen LogP contribution in [0.1, 0.15) is 44.2 Å². The largest absolute Gasteiger partial charge is 0.302 e. The molecule has 1 aromatic heterocycles. The number of rotatable bonds is 4. The maximum Gasteiger partial charge on any atom is 0.229 e. The van der Waals surface area contributed by atoms with Crippen molar-refractivity contribution in [3.8, 4) is 0 Å². The molecule has 0 atom stereocenters. The summed E-state index contributed by atoms with van der Waals surface area (Å²) in [5.41, 5.74) is 1.09. The Morgan fingerprint density at radius 3 is 2.79 bits per heavy atom. The second-order valence-corrected chi connectivity index (χ2v) is 6.46. The van der Waals surface area contributed by atoms with Gasteiger partial charge < -0.3 is 5.32 Å². The highest BCUT2D eigenvalue weighted by Crippen LogP contribution is 2.28. The lowest BCUT2D eigenvalue weighted by atomic mass is 9.85. The summed E-state index contributed by atoms with van der Waals surface area (Å²) in [5, 5.41) is 5.79. The first-order valence-corrected chi connectivity index (χ1v) is 8.17. The predicted molar refractivity (Wildman–Crippen MR) is 77.2 cm³/mol. The van der Waals surface area contributed by atoms with Gasteiger partial charge >= 0.3 is 0 Å². The van der Waals surface area contributed by atoms with Gasteiger partial charge in [0.15, 0.2) is 5.13 Å². The van der Waals surface area contributed by atoms with Crippen LogP contribution < -0.4 is 5.32 Å². The van der Waals surface area contributed by atoms with Crippen molar-refractivity contribution in [1.82, 2.24) is 9.88 Å². The lowest BCUT2D eigenvalue weighted by Crippen LogP contribution is -2.29. The predicted octanol–water partition coefficient (Wildman–Crippen LogP) is 2.87. The highest BCUT2D eigenvalue weighted by Gasteiger charge is 2.25. The van der Waals surface area contributed by atoms with Crippen LogP contribution in [0.4, 0.5) is 5.13 Å². The van der Waals surface area contributed by atoms with Gasteiger partial charge in [-0.1, -0.05) is 12.8 Å². The summed E-state index contributed by atoms with van der Waals surface area (Å²) in [7, 11) is 0. The average Bonchev–Trinajstić information content (AvgIpc) is 2.75. The second-order valence-electron chi connectivity index (χ2n) is 5.60. The van der Waals surface area contributed by atoms with E-state index in [2.05, 4.69) is 20.6 Å². The van der Waals surface area contributed by atoms with Crippen molar-refractivity contribution in [2.45, 2.75) is 45.1 Å². The van der Waals surface area contributed by atoms with Crippen molar-refractivity contribution >= 4 is 22.4 Å². The summed E-state index contributed by atoms with van der Waals surface area (Å²) in [6.45, 7) is 3.29. The zero-order chi connectivity index (χ0) is 13.1. The molecule has 0 bridgehead atoms. The van der Waals surface area contributed by atoms with Gasteiger partial charge in [-0.15, -0.1) is 11.3 Å². The Balaban J connectivity index is 1.52. The molecule has 5 heteroatoms. The van der Waals surface area contributed by atoms with Gasteiger partial charge in [-0.05, 0) is 38.8 Å². The van der Waals surface area contributed by atoms with Gasteiger partial charge in [-0.2, -0.15) is 0 Å². The van der Waals surface area contributed by atoms with Crippen LogP contribution in [0.3, 0.4) is 0 Å². The van der Waals surface area contributed by atoms with Crippen molar-refractivity contribution in [2.75, 3.05) is 18.4 Å². The number of carbonyl (C=O) groups is 1. The van der Waals surface area contributed by atoms with Gasteiger partial charge in [-0.25, -0.2) is 4.98 Å². The SMILES string of the molecule is O=C(Nc1nc(CN2CCCCC2)cs1)C1CCC1. The summed E-state index contributed by atoms with van der Waals surface area (Å²) in [4.78, 5) is 18.8. The Bertz CT molecular complexity index is 436. The topological polar surface area (TPSA) is 45.2 Å². The highest BCUT2D eigenvalue weighted by atomic mass is 32.1. The third kappa shape index (κ3) is 3.34. The maximum atomic E-state index is 11.8. The van der Waals surface area contributed by atoms with Gasteiger partial charge in [0, 0.05) is 17.8 Å². The van der Waals surface area contributed by atoms with Crippen LogP contribution in [0, 0.1) is 5.92 Å². The van der Waals surface area contributed by atoms with Gasteiger partial charge in [0.2, 0.25) is 5.91 Å². The third-order valence-corrected chi connectivity index (χ3v) is 4.90. The number of hydrogen-bond donors (Lipinski definition) is 1. The first kappa shape index (κ1) is 13.1. The monoisotopic (exact) mass is 279 g/mol. The number of anilines is 1. The van der Waals surface area contributed by atoms with E-state index in [1.54, 1.807) is 11.3 Å². The number of hydrogen-bond acceptors (Lipinski definition) is 4. The van der Waals surface area contributed by atoms with Crippen LogP contribution in [0.5, 0.6) is 0 Å². The van der Waals surface area contributed by atoms with E-state index in [4.69, 9.17) is 0 Å². The number of likely N-dealkylation sites (tertiary alicyclic amines) is 1. The molecule has 0 radical (unpaired) electrons. The Morgan fingerprint density at radius 1 is 1.32 bits per heavy atom. The quantitative estimate of drug-likeness (QED) is 0.921. The molecule has 1 saturated heterocycles. The summed E-state index contributed by atoms with van der Waals surface area (Å²) in [5.74, 6) is 0.388. The smallest absolute Gasteiger partial charge is 0.229 e. The fourth-order valence-electron chi connectivity index (χ4n) is 2.66. The Morgan fingerprint density at radius 2 is 2.11 bits per heavy atom. The third-order valence-electron chi connectivity index (χ3n) is 4.09. The summed E-state index contributed by atoms with van der Waals surface area (Å²) in [6.07, 6.45) is 7.23. The van der Waals surface area contributed by atoms with Crippen molar-refractivity contribution in [1.29, 1.82) is 0 Å². The molecule has 2 aliphatic rings. The molecule has 0 spiro atoms. The number of nitrogens with one attached hydrogen (secondary N) is 1. The van der Waals surface area contributed by atoms with Gasteiger partial charge in [0.05, 0.1) is 5.69 Å². The fraction of sp³-hybridized carbons (Fsp3) is 0.714. The second kappa shape index (κ2) is 6.01. The average molecular weight is 279 g/mol. The van der Waals surface area contributed by atoms with Crippen LogP contribution in [0.15, 0.2) is 5.38 Å². The minimum Gasteiger partial charge on any atom is -0.302 e. The van der Waals surface area contributed by atoms with E-state index >= 15 is 0 Å². The minimum atomic E-state index is 0.158. The normalized spacial score (nSPS) is 21.1. The molecule has 1 aliphatic carbocycles. The molecular formula is C14H21N3OS. The van der Waals surface area contributed by atoms with Gasteiger partial charge in [0.25, 0.3) is 0 Å². The zero-order valence-corrected chi connectivity index (χ0v) is 12.0. The van der Waals surface area contributed by atoms with Crippen LogP contribution in [-0.4, -0.2) is 28.9 Å². The Labute approximate surface area is 118 Å². The summed E-state index contributed by atoms with van der Waals surface area (Å²) < 4.78 is 0. The number of amides is 1. The Hall–Kier alpha value is -0.940. The molecule has 1 amide bonds. The molecule has 1 aromatic rings. The number of thiazole rings is 1. The Kier molecular flexibility index (Phi) is 4.13. The highest BCUT2D eigenvalue weighted by molar-refractivity contribution is 7.13. The van der Waals surface area contributed by atoms with E-state index < -0.39 is 0 Å². The van der Waals surface area contributed by atoms with Crippen molar-refractivity contribution in [3.05, 3.63) is 11.1 Å². The number of piperidine rings is 1. The molecule has 1 aliphatic heterocycles. The molecule has 1 saturated carbocycles. The summed E-state index contributed by atoms with van der Waals surface area (Å²) in [6, 6.07) is 0. The lowest BCUT2D eigenvalue weighted by Gasteiger charge is -2.25. The van der Waals surface area contributed by atoms with E-state index in [9.17, 15) is 4.79 Å². The molecule has 0 aromatic carbocycles. The fourth-order valence-corrected chi connectivity index (χ4v) is 3.37. The van der Waals surface area contributed by atoms with E-state index in [1.165, 1.54) is 38.8 Å². The van der Waals surface area contributed by atoms with Crippen LogP contribution in [0.2, 0.25) is 0 Å². The van der Waals surface area contributed by atoms with Crippen LogP contribution >= 0.6 is 11.3 Å². The molecule has 19 heavy (non-hydrogen) atoms. The standard InChI is InChI=1S/C14H21N3OS/c18-13(11-5-4-6-11)16-14-15-12(10-19-14)9-17-7-2-1-3-8-17/h10-11H,1-9H2,(H,15,16,18). The molecule has 4 nitrogen and oxygen atoms in total. The molecule has 3 rings (SSSR count). The first-order chi connectivity index (χ1) is 9.31. The van der Waals surface area contributed by atoms with E-state index in [1.807, 2.05) is 0 Å². The number of nitrogens with zero attached hydrogens (tertiary/aromatic N) is 2. The molecule has 2 heterocycles. The minimum absolute atomic E-state index is 0.158. The summed E-state index contributed by atoms with van der Waals surface area (Å²) >= 11 is 1.55. The molecule has 0 unspecified atom stereocenters. The molecule has 2 fully saturated rings. The number of carbonyl (C=O) groups excluding carboxylic acids is 1. The molecule has 1 N–H and O–H groups in total. The first-order valence-electron chi connectivity index (χ1n) is 7.29. The zero-order valence-electron chi connectivity index (χ0n) is 11.2. The van der Waals surface area contributed by atoms with Crippen molar-refractivity contribution in [2.24, 2.45) is 5.92 Å². The van der Waals surface area contributed by atoms with E-state index in [0.29, 0.717) is 0 Å². The number of aromatic nitrogens is 1. The van der Waals surface area contributed by atoms with E-state index in [0.717, 1.165) is 30.2 Å². The molecule has 104 valence electrons.